The van der Waals surface area contributed by atoms with Crippen molar-refractivity contribution < 1.29 is 4.74 Å². The second-order valence-electron chi connectivity index (χ2n) is 4.73. The Labute approximate surface area is 104 Å². The Hall–Kier alpha value is -0.930. The molecule has 0 amide bonds. The normalized spacial score (nSPS) is 20.0. The fourth-order valence-electron chi connectivity index (χ4n) is 2.38. The van der Waals surface area contributed by atoms with E-state index in [4.69, 9.17) is 4.74 Å². The van der Waals surface area contributed by atoms with E-state index in [9.17, 15) is 0 Å². The lowest BCUT2D eigenvalue weighted by Gasteiger charge is -2.24. The highest BCUT2D eigenvalue weighted by Gasteiger charge is 2.18. The average molecular weight is 234 g/mol. The van der Waals surface area contributed by atoms with Gasteiger partial charge >= 0.3 is 0 Å². The molecule has 17 heavy (non-hydrogen) atoms. The predicted molar refractivity (Wildman–Crippen MR) is 68.8 cm³/mol. The van der Waals surface area contributed by atoms with Gasteiger partial charge in [-0.1, -0.05) is 13.0 Å². The zero-order valence-corrected chi connectivity index (χ0v) is 10.6. The van der Waals surface area contributed by atoms with Gasteiger partial charge in [0.05, 0.1) is 6.10 Å². The first-order chi connectivity index (χ1) is 8.38. The molecule has 0 aromatic carbocycles. The number of rotatable bonds is 6. The maximum absolute atomic E-state index is 5.71. The van der Waals surface area contributed by atoms with Crippen molar-refractivity contribution in [2.75, 3.05) is 19.7 Å². The third kappa shape index (κ3) is 4.10. The van der Waals surface area contributed by atoms with E-state index in [1.54, 1.807) is 0 Å². The number of hydrogen-bond donors (Lipinski definition) is 0. The second kappa shape index (κ2) is 6.72. The van der Waals surface area contributed by atoms with Crippen molar-refractivity contribution in [3.05, 3.63) is 30.1 Å². The van der Waals surface area contributed by atoms with Crippen LogP contribution in [0, 0.1) is 0 Å². The molecule has 0 spiro atoms. The van der Waals surface area contributed by atoms with Gasteiger partial charge in [-0.2, -0.15) is 0 Å². The summed E-state index contributed by atoms with van der Waals surface area (Å²) in [4.78, 5) is 6.65. The highest BCUT2D eigenvalue weighted by atomic mass is 16.5. The SMILES string of the molecule is CCCN(Cc1cccnc1)CC1CCCO1. The van der Waals surface area contributed by atoms with Crippen LogP contribution in [0.15, 0.2) is 24.5 Å². The van der Waals surface area contributed by atoms with Crippen LogP contribution < -0.4 is 0 Å². The Morgan fingerprint density at radius 3 is 3.12 bits per heavy atom. The van der Waals surface area contributed by atoms with Gasteiger partial charge in [0.1, 0.15) is 0 Å². The summed E-state index contributed by atoms with van der Waals surface area (Å²) in [5.41, 5.74) is 1.29. The van der Waals surface area contributed by atoms with E-state index >= 15 is 0 Å². The van der Waals surface area contributed by atoms with E-state index in [0.29, 0.717) is 6.10 Å². The molecule has 0 N–H and O–H groups in total. The Bertz CT molecular complexity index is 309. The predicted octanol–water partition coefficient (Wildman–Crippen LogP) is 2.47. The summed E-state index contributed by atoms with van der Waals surface area (Å²) in [6.07, 6.45) is 7.85. The molecule has 0 radical (unpaired) electrons. The molecule has 2 heterocycles. The second-order valence-corrected chi connectivity index (χ2v) is 4.73. The van der Waals surface area contributed by atoms with Crippen LogP contribution in [-0.4, -0.2) is 35.7 Å². The van der Waals surface area contributed by atoms with Crippen molar-refractivity contribution in [2.24, 2.45) is 0 Å². The molecule has 0 bridgehead atoms. The third-order valence-electron chi connectivity index (χ3n) is 3.15. The van der Waals surface area contributed by atoms with Crippen molar-refractivity contribution in [2.45, 2.75) is 38.8 Å². The Balaban J connectivity index is 1.87. The molecule has 3 heteroatoms. The molecule has 1 aliphatic rings. The molecule has 1 saturated heterocycles. The van der Waals surface area contributed by atoms with Crippen molar-refractivity contribution >= 4 is 0 Å². The minimum Gasteiger partial charge on any atom is -0.377 e. The minimum atomic E-state index is 0.443. The number of aromatic nitrogens is 1. The largest absolute Gasteiger partial charge is 0.377 e. The number of nitrogens with zero attached hydrogens (tertiary/aromatic N) is 2. The molecule has 1 aliphatic heterocycles. The topological polar surface area (TPSA) is 25.4 Å². The molecule has 1 atom stereocenters. The van der Waals surface area contributed by atoms with Gasteiger partial charge in [-0.3, -0.25) is 9.88 Å². The molecule has 1 aromatic rings. The monoisotopic (exact) mass is 234 g/mol. The summed E-state index contributed by atoms with van der Waals surface area (Å²) < 4.78 is 5.71. The van der Waals surface area contributed by atoms with Crippen molar-refractivity contribution in [3.8, 4) is 0 Å². The first-order valence-corrected chi connectivity index (χ1v) is 6.61. The molecule has 0 saturated carbocycles. The first kappa shape index (κ1) is 12.5. The lowest BCUT2D eigenvalue weighted by atomic mass is 10.2. The number of ether oxygens (including phenoxy) is 1. The summed E-state index contributed by atoms with van der Waals surface area (Å²) in [6.45, 7) is 6.35. The first-order valence-electron chi connectivity index (χ1n) is 6.61. The van der Waals surface area contributed by atoms with Gasteiger partial charge in [-0.15, -0.1) is 0 Å². The van der Waals surface area contributed by atoms with Crippen LogP contribution in [0.1, 0.15) is 31.7 Å². The number of pyridine rings is 1. The van der Waals surface area contributed by atoms with Gasteiger partial charge in [0.2, 0.25) is 0 Å². The zero-order valence-electron chi connectivity index (χ0n) is 10.6. The van der Waals surface area contributed by atoms with Crippen LogP contribution in [0.3, 0.4) is 0 Å². The van der Waals surface area contributed by atoms with E-state index in [2.05, 4.69) is 22.9 Å². The van der Waals surface area contributed by atoms with Crippen molar-refractivity contribution in [3.63, 3.8) is 0 Å². The molecule has 3 nitrogen and oxygen atoms in total. The molecule has 1 aromatic heterocycles. The average Bonchev–Trinajstić information content (AvgIpc) is 2.83. The molecule has 1 fully saturated rings. The quantitative estimate of drug-likeness (QED) is 0.756. The highest BCUT2D eigenvalue weighted by molar-refractivity contribution is 5.08. The van der Waals surface area contributed by atoms with Crippen LogP contribution in [0.5, 0.6) is 0 Å². The Kier molecular flexibility index (Phi) is 4.95. The van der Waals surface area contributed by atoms with Gasteiger partial charge < -0.3 is 4.74 Å². The molecule has 2 rings (SSSR count). The zero-order chi connectivity index (χ0) is 11.9. The van der Waals surface area contributed by atoms with E-state index in [-0.39, 0.29) is 0 Å². The lowest BCUT2D eigenvalue weighted by Crippen LogP contribution is -2.32. The van der Waals surface area contributed by atoms with Crippen LogP contribution in [0.4, 0.5) is 0 Å². The molecule has 94 valence electrons. The maximum atomic E-state index is 5.71. The Morgan fingerprint density at radius 2 is 2.47 bits per heavy atom. The van der Waals surface area contributed by atoms with Crippen LogP contribution >= 0.6 is 0 Å². The van der Waals surface area contributed by atoms with E-state index in [0.717, 1.165) is 26.2 Å². The summed E-state index contributed by atoms with van der Waals surface area (Å²) in [5.74, 6) is 0. The molecule has 1 unspecified atom stereocenters. The molecular weight excluding hydrogens is 212 g/mol. The fraction of sp³-hybridized carbons (Fsp3) is 0.643. The maximum Gasteiger partial charge on any atom is 0.0702 e. The minimum absolute atomic E-state index is 0.443. The summed E-state index contributed by atoms with van der Waals surface area (Å²) >= 11 is 0. The van der Waals surface area contributed by atoms with E-state index in [1.165, 1.54) is 24.8 Å². The van der Waals surface area contributed by atoms with E-state index < -0.39 is 0 Å². The van der Waals surface area contributed by atoms with Gasteiger partial charge in [-0.05, 0) is 37.4 Å². The van der Waals surface area contributed by atoms with Gasteiger partial charge in [0.25, 0.3) is 0 Å². The van der Waals surface area contributed by atoms with Gasteiger partial charge in [0.15, 0.2) is 0 Å². The number of hydrogen-bond acceptors (Lipinski definition) is 3. The summed E-state index contributed by atoms with van der Waals surface area (Å²) in [5, 5.41) is 0. The Morgan fingerprint density at radius 1 is 1.53 bits per heavy atom. The van der Waals surface area contributed by atoms with Crippen molar-refractivity contribution in [1.29, 1.82) is 0 Å². The molecule has 0 aliphatic carbocycles. The smallest absolute Gasteiger partial charge is 0.0702 e. The van der Waals surface area contributed by atoms with Crippen LogP contribution in [0.2, 0.25) is 0 Å². The van der Waals surface area contributed by atoms with E-state index in [1.807, 2.05) is 18.5 Å². The third-order valence-corrected chi connectivity index (χ3v) is 3.15. The van der Waals surface area contributed by atoms with Gasteiger partial charge in [0, 0.05) is 32.1 Å². The summed E-state index contributed by atoms with van der Waals surface area (Å²) in [7, 11) is 0. The van der Waals surface area contributed by atoms with Crippen LogP contribution in [0.25, 0.3) is 0 Å². The fourth-order valence-corrected chi connectivity index (χ4v) is 2.38. The van der Waals surface area contributed by atoms with Gasteiger partial charge in [-0.25, -0.2) is 0 Å². The highest BCUT2D eigenvalue weighted by Crippen LogP contribution is 2.15. The van der Waals surface area contributed by atoms with Crippen molar-refractivity contribution in [1.82, 2.24) is 9.88 Å². The summed E-state index contributed by atoms with van der Waals surface area (Å²) in [6, 6.07) is 4.15. The standard InChI is InChI=1S/C14H22N2O/c1-2-8-16(12-14-6-4-9-17-14)11-13-5-3-7-15-10-13/h3,5,7,10,14H,2,4,6,8-9,11-12H2,1H3. The molecular formula is C14H22N2O. The van der Waals surface area contributed by atoms with Crippen LogP contribution in [-0.2, 0) is 11.3 Å². The lowest BCUT2D eigenvalue weighted by molar-refractivity contribution is 0.0706.